The number of fused-ring (bicyclic) bond motifs is 1. The minimum atomic E-state index is -1.25. The van der Waals surface area contributed by atoms with Gasteiger partial charge in [-0.3, -0.25) is 4.79 Å². The predicted molar refractivity (Wildman–Crippen MR) is 104 cm³/mol. The molecule has 144 valence electrons. The van der Waals surface area contributed by atoms with Crippen molar-refractivity contribution < 1.29 is 19.9 Å². The van der Waals surface area contributed by atoms with Gasteiger partial charge in [0.1, 0.15) is 0 Å². The van der Waals surface area contributed by atoms with Gasteiger partial charge >= 0.3 is 13.1 Å². The van der Waals surface area contributed by atoms with Crippen LogP contribution in [0, 0.1) is 11.8 Å². The number of hydrogen-bond donors (Lipinski definition) is 4. The van der Waals surface area contributed by atoms with E-state index in [1.54, 1.807) is 5.56 Å². The average molecular weight is 361 g/mol. The van der Waals surface area contributed by atoms with Gasteiger partial charge in [0.25, 0.3) is 0 Å². The first-order valence-electron chi connectivity index (χ1n) is 9.84. The molecule has 1 aromatic rings. The zero-order valence-corrected chi connectivity index (χ0v) is 15.7. The number of carbonyl (C=O) groups is 1. The van der Waals surface area contributed by atoms with Crippen molar-refractivity contribution in [2.45, 2.75) is 63.7 Å². The van der Waals surface area contributed by atoms with Crippen LogP contribution in [0.3, 0.4) is 0 Å². The molecule has 1 fully saturated rings. The quantitative estimate of drug-likeness (QED) is 0.585. The molecule has 3 unspecified atom stereocenters. The lowest BCUT2D eigenvalue weighted by Gasteiger charge is -2.23. The standard InChI is InChI=1S/C11H15N.C9H17BO4/c1-12-11-7-6-9-4-2-3-5-10(9)8-11;11-9(12)8-5-1-3-7(8)4-2-6-10(13)14/h2-5,11-12H,6-8H2,1H3;7-8,13-14H,1-6H2,(H,11,12). The van der Waals surface area contributed by atoms with E-state index in [1.807, 2.05) is 0 Å². The molecule has 0 radical (unpaired) electrons. The largest absolute Gasteiger partial charge is 0.481 e. The summed E-state index contributed by atoms with van der Waals surface area (Å²) >= 11 is 0. The fraction of sp³-hybridized carbons (Fsp3) is 0.650. The van der Waals surface area contributed by atoms with Crippen LogP contribution in [-0.4, -0.2) is 41.3 Å². The Kier molecular flexibility index (Phi) is 8.62. The molecular weight excluding hydrogens is 329 g/mol. The van der Waals surface area contributed by atoms with Crippen LogP contribution in [0.4, 0.5) is 0 Å². The highest BCUT2D eigenvalue weighted by molar-refractivity contribution is 6.40. The zero-order chi connectivity index (χ0) is 18.9. The van der Waals surface area contributed by atoms with Crippen LogP contribution in [0.5, 0.6) is 0 Å². The van der Waals surface area contributed by atoms with E-state index in [0.717, 1.165) is 25.7 Å². The third-order valence-electron chi connectivity index (χ3n) is 5.77. The highest BCUT2D eigenvalue weighted by Crippen LogP contribution is 2.35. The van der Waals surface area contributed by atoms with Gasteiger partial charge in [-0.05, 0) is 62.5 Å². The van der Waals surface area contributed by atoms with Crippen molar-refractivity contribution in [1.29, 1.82) is 0 Å². The van der Waals surface area contributed by atoms with E-state index in [2.05, 4.69) is 36.6 Å². The van der Waals surface area contributed by atoms with Gasteiger partial charge in [-0.15, -0.1) is 0 Å². The number of carboxylic acids is 1. The maximum atomic E-state index is 10.8. The molecule has 1 aromatic carbocycles. The van der Waals surface area contributed by atoms with Crippen molar-refractivity contribution in [2.24, 2.45) is 11.8 Å². The van der Waals surface area contributed by atoms with E-state index in [1.165, 1.54) is 24.8 Å². The van der Waals surface area contributed by atoms with Crippen LogP contribution in [-0.2, 0) is 17.6 Å². The molecule has 3 atom stereocenters. The van der Waals surface area contributed by atoms with Gasteiger partial charge in [-0.2, -0.15) is 0 Å². The summed E-state index contributed by atoms with van der Waals surface area (Å²) in [5.74, 6) is -0.658. The number of benzene rings is 1. The van der Waals surface area contributed by atoms with E-state index in [4.69, 9.17) is 15.2 Å². The van der Waals surface area contributed by atoms with Crippen LogP contribution in [0.2, 0.25) is 6.32 Å². The van der Waals surface area contributed by atoms with Gasteiger partial charge in [-0.1, -0.05) is 43.5 Å². The van der Waals surface area contributed by atoms with E-state index in [-0.39, 0.29) is 11.8 Å². The molecule has 5 nitrogen and oxygen atoms in total. The van der Waals surface area contributed by atoms with E-state index >= 15 is 0 Å². The van der Waals surface area contributed by atoms with Crippen molar-refractivity contribution in [2.75, 3.05) is 7.05 Å². The summed E-state index contributed by atoms with van der Waals surface area (Å²) in [4.78, 5) is 10.8. The van der Waals surface area contributed by atoms with Gasteiger partial charge in [-0.25, -0.2) is 0 Å². The number of hydrogen-bond acceptors (Lipinski definition) is 4. The summed E-state index contributed by atoms with van der Waals surface area (Å²) in [7, 11) is 0.804. The monoisotopic (exact) mass is 361 g/mol. The Labute approximate surface area is 157 Å². The predicted octanol–water partition coefficient (Wildman–Crippen LogP) is 2.50. The smallest absolute Gasteiger partial charge is 0.451 e. The second-order valence-electron chi connectivity index (χ2n) is 7.54. The van der Waals surface area contributed by atoms with Crippen LogP contribution in [0.25, 0.3) is 0 Å². The Morgan fingerprint density at radius 2 is 1.92 bits per heavy atom. The van der Waals surface area contributed by atoms with E-state index < -0.39 is 13.1 Å². The molecule has 1 saturated carbocycles. The van der Waals surface area contributed by atoms with Crippen molar-refractivity contribution in [1.82, 2.24) is 5.32 Å². The molecule has 4 N–H and O–H groups in total. The maximum Gasteiger partial charge on any atom is 0.451 e. The van der Waals surface area contributed by atoms with E-state index in [9.17, 15) is 4.79 Å². The van der Waals surface area contributed by atoms with Gasteiger partial charge in [0.2, 0.25) is 0 Å². The van der Waals surface area contributed by atoms with Crippen LogP contribution < -0.4 is 5.32 Å². The van der Waals surface area contributed by atoms with E-state index in [0.29, 0.717) is 18.8 Å². The Hall–Kier alpha value is -1.37. The Balaban J connectivity index is 0.000000189. The minimum Gasteiger partial charge on any atom is -0.481 e. The third-order valence-corrected chi connectivity index (χ3v) is 5.77. The van der Waals surface area contributed by atoms with Gasteiger partial charge < -0.3 is 20.5 Å². The molecule has 0 spiro atoms. The maximum absolute atomic E-state index is 10.8. The first kappa shape index (κ1) is 20.9. The summed E-state index contributed by atoms with van der Waals surface area (Å²) < 4.78 is 0. The summed E-state index contributed by atoms with van der Waals surface area (Å²) in [5, 5.41) is 29.5. The lowest BCUT2D eigenvalue weighted by atomic mass is 9.80. The van der Waals surface area contributed by atoms with Crippen LogP contribution in [0.1, 0.15) is 49.7 Å². The Bertz CT molecular complexity index is 566. The number of nitrogens with one attached hydrogen (secondary N) is 1. The summed E-state index contributed by atoms with van der Waals surface area (Å²) in [6.45, 7) is 0. The molecule has 2 aliphatic carbocycles. The fourth-order valence-corrected chi connectivity index (χ4v) is 4.21. The lowest BCUT2D eigenvalue weighted by molar-refractivity contribution is -0.143. The number of carboxylic acid groups (broad SMARTS) is 1. The van der Waals surface area contributed by atoms with Crippen LogP contribution in [0.15, 0.2) is 24.3 Å². The topological polar surface area (TPSA) is 89.8 Å². The van der Waals surface area contributed by atoms with Crippen molar-refractivity contribution in [3.8, 4) is 0 Å². The summed E-state index contributed by atoms with van der Waals surface area (Å²) in [5.41, 5.74) is 3.08. The molecule has 0 aromatic heterocycles. The SMILES string of the molecule is CNC1CCc2ccccc2C1.O=C(O)C1CCCC1CCCB(O)O. The van der Waals surface area contributed by atoms with Crippen LogP contribution >= 0.6 is 0 Å². The number of likely N-dealkylation sites (N-methyl/N-ethyl adjacent to an activating group) is 1. The molecule has 3 rings (SSSR count). The lowest BCUT2D eigenvalue weighted by Crippen LogP contribution is -2.31. The minimum absolute atomic E-state index is 0.203. The molecule has 0 saturated heterocycles. The molecule has 26 heavy (non-hydrogen) atoms. The highest BCUT2D eigenvalue weighted by Gasteiger charge is 2.32. The number of aliphatic carboxylic acids is 1. The van der Waals surface area contributed by atoms with Gasteiger partial charge in [0, 0.05) is 6.04 Å². The molecule has 0 aliphatic heterocycles. The Morgan fingerprint density at radius 3 is 2.58 bits per heavy atom. The van der Waals surface area contributed by atoms with Gasteiger partial charge in [0.15, 0.2) is 0 Å². The molecule has 6 heteroatoms. The van der Waals surface area contributed by atoms with Gasteiger partial charge in [0.05, 0.1) is 5.92 Å². The van der Waals surface area contributed by atoms with Crippen molar-refractivity contribution in [3.05, 3.63) is 35.4 Å². The molecular formula is C20H32BNO4. The molecule has 2 aliphatic rings. The summed E-state index contributed by atoms with van der Waals surface area (Å²) in [6.07, 6.45) is 8.31. The molecule has 0 bridgehead atoms. The van der Waals surface area contributed by atoms with Crippen molar-refractivity contribution >= 4 is 13.1 Å². The molecule has 0 amide bonds. The normalized spacial score (nSPS) is 24.3. The highest BCUT2D eigenvalue weighted by atomic mass is 16.4. The Morgan fingerprint density at radius 1 is 1.19 bits per heavy atom. The summed E-state index contributed by atoms with van der Waals surface area (Å²) in [6, 6.07) is 9.47. The fourth-order valence-electron chi connectivity index (χ4n) is 4.21. The first-order chi connectivity index (χ1) is 12.5. The average Bonchev–Trinajstić information content (AvgIpc) is 3.10. The van der Waals surface area contributed by atoms with Crippen molar-refractivity contribution in [3.63, 3.8) is 0 Å². The number of rotatable bonds is 6. The first-order valence-corrected chi connectivity index (χ1v) is 9.84. The second kappa shape index (κ2) is 10.7. The molecule has 0 heterocycles. The number of aryl methyl sites for hydroxylation is 1. The second-order valence-corrected chi connectivity index (χ2v) is 7.54. The third kappa shape index (κ3) is 6.42. The zero-order valence-electron chi connectivity index (χ0n) is 15.7.